The molecule has 1 fully saturated rings. The molecule has 1 N–H and O–H groups in total. The zero-order valence-corrected chi connectivity index (χ0v) is 11.7. The summed E-state index contributed by atoms with van der Waals surface area (Å²) < 4.78 is 7.40. The molecule has 1 aromatic heterocycles. The van der Waals surface area contributed by atoms with Crippen LogP contribution in [0.4, 0.5) is 0 Å². The molecule has 2 rings (SSSR count). The van der Waals surface area contributed by atoms with Crippen LogP contribution in [0.15, 0.2) is 15.7 Å². The van der Waals surface area contributed by atoms with E-state index in [1.807, 2.05) is 0 Å². The molecule has 1 aliphatic heterocycles. The van der Waals surface area contributed by atoms with Crippen LogP contribution in [0.5, 0.6) is 0 Å². The van der Waals surface area contributed by atoms with Gasteiger partial charge in [-0.15, -0.1) is 0 Å². The average molecular weight is 281 g/mol. The van der Waals surface area contributed by atoms with Crippen molar-refractivity contribution in [3.8, 4) is 0 Å². The van der Waals surface area contributed by atoms with Crippen LogP contribution in [0, 0.1) is 5.92 Å². The first-order valence-corrected chi connectivity index (χ1v) is 6.63. The van der Waals surface area contributed by atoms with E-state index in [2.05, 4.69) is 5.32 Å². The van der Waals surface area contributed by atoms with E-state index < -0.39 is 17.2 Å². The van der Waals surface area contributed by atoms with Crippen molar-refractivity contribution in [1.82, 2.24) is 14.5 Å². The van der Waals surface area contributed by atoms with Crippen LogP contribution in [0.25, 0.3) is 0 Å². The summed E-state index contributed by atoms with van der Waals surface area (Å²) in [5.41, 5.74) is -0.907. The molecule has 1 amide bonds. The molecule has 0 spiro atoms. The van der Waals surface area contributed by atoms with Gasteiger partial charge in [0.05, 0.1) is 0 Å². The highest BCUT2D eigenvalue weighted by Gasteiger charge is 2.17. The SMILES string of the molecule is Cn1c(C(=O)NCC[C@H]2CCOC2)cc(=O)n(C)c1=O. The summed E-state index contributed by atoms with van der Waals surface area (Å²) >= 11 is 0. The van der Waals surface area contributed by atoms with Crippen LogP contribution in [0.3, 0.4) is 0 Å². The molecule has 1 saturated heterocycles. The smallest absolute Gasteiger partial charge is 0.331 e. The van der Waals surface area contributed by atoms with Gasteiger partial charge in [0.1, 0.15) is 5.69 Å². The molecular formula is C13H19N3O4. The highest BCUT2D eigenvalue weighted by atomic mass is 16.5. The van der Waals surface area contributed by atoms with Crippen LogP contribution in [-0.2, 0) is 18.8 Å². The first kappa shape index (κ1) is 14.5. The maximum absolute atomic E-state index is 12.0. The number of hydrogen-bond acceptors (Lipinski definition) is 4. The van der Waals surface area contributed by atoms with E-state index in [4.69, 9.17) is 4.74 Å². The Hall–Kier alpha value is -1.89. The van der Waals surface area contributed by atoms with Gasteiger partial charge < -0.3 is 10.1 Å². The molecule has 1 atom stereocenters. The van der Waals surface area contributed by atoms with Crippen molar-refractivity contribution >= 4 is 5.91 Å². The molecule has 7 heteroatoms. The Morgan fingerprint density at radius 3 is 2.80 bits per heavy atom. The van der Waals surface area contributed by atoms with Gasteiger partial charge in [-0.2, -0.15) is 0 Å². The van der Waals surface area contributed by atoms with Gasteiger partial charge in [0.15, 0.2) is 0 Å². The van der Waals surface area contributed by atoms with Gasteiger partial charge in [0, 0.05) is 39.9 Å². The van der Waals surface area contributed by atoms with E-state index in [-0.39, 0.29) is 5.69 Å². The second kappa shape index (κ2) is 6.04. The lowest BCUT2D eigenvalue weighted by Gasteiger charge is -2.11. The lowest BCUT2D eigenvalue weighted by Crippen LogP contribution is -2.41. The zero-order chi connectivity index (χ0) is 14.7. The lowest BCUT2D eigenvalue weighted by atomic mass is 10.1. The fraction of sp³-hybridized carbons (Fsp3) is 0.615. The molecule has 0 saturated carbocycles. The van der Waals surface area contributed by atoms with E-state index >= 15 is 0 Å². The number of ether oxygens (including phenoxy) is 1. The minimum atomic E-state index is -0.508. The summed E-state index contributed by atoms with van der Waals surface area (Å²) in [5.74, 6) is 0.0731. The molecule has 7 nitrogen and oxygen atoms in total. The van der Waals surface area contributed by atoms with E-state index in [1.54, 1.807) is 0 Å². The number of aromatic nitrogens is 2. The Kier molecular flexibility index (Phi) is 4.39. The monoisotopic (exact) mass is 281 g/mol. The van der Waals surface area contributed by atoms with Crippen molar-refractivity contribution in [3.63, 3.8) is 0 Å². The second-order valence-corrected chi connectivity index (χ2v) is 5.04. The number of amides is 1. The fourth-order valence-electron chi connectivity index (χ4n) is 2.24. The van der Waals surface area contributed by atoms with Crippen molar-refractivity contribution in [3.05, 3.63) is 32.6 Å². The number of carbonyl (C=O) groups is 1. The lowest BCUT2D eigenvalue weighted by molar-refractivity contribution is 0.0940. The number of nitrogens with zero attached hydrogens (tertiary/aromatic N) is 2. The molecule has 0 aliphatic carbocycles. The predicted molar refractivity (Wildman–Crippen MR) is 72.8 cm³/mol. The highest BCUT2D eigenvalue weighted by molar-refractivity contribution is 5.92. The van der Waals surface area contributed by atoms with Crippen LogP contribution in [-0.4, -0.2) is 34.8 Å². The summed E-state index contributed by atoms with van der Waals surface area (Å²) in [4.78, 5) is 35.3. The summed E-state index contributed by atoms with van der Waals surface area (Å²) in [6.07, 6.45) is 1.85. The van der Waals surface area contributed by atoms with Gasteiger partial charge in [-0.1, -0.05) is 0 Å². The Morgan fingerprint density at radius 1 is 1.40 bits per heavy atom. The average Bonchev–Trinajstić information content (AvgIpc) is 2.93. The first-order chi connectivity index (χ1) is 9.50. The summed E-state index contributed by atoms with van der Waals surface area (Å²) in [6.45, 7) is 2.03. The minimum Gasteiger partial charge on any atom is -0.381 e. The van der Waals surface area contributed by atoms with Gasteiger partial charge in [-0.05, 0) is 18.8 Å². The Labute approximate surface area is 116 Å². The summed E-state index contributed by atoms with van der Waals surface area (Å²) in [6, 6.07) is 1.18. The van der Waals surface area contributed by atoms with Crippen LogP contribution in [0.1, 0.15) is 23.3 Å². The second-order valence-electron chi connectivity index (χ2n) is 5.04. The van der Waals surface area contributed by atoms with Crippen molar-refractivity contribution in [1.29, 1.82) is 0 Å². The van der Waals surface area contributed by atoms with Crippen molar-refractivity contribution in [2.24, 2.45) is 20.0 Å². The quantitative estimate of drug-likeness (QED) is 0.786. The first-order valence-electron chi connectivity index (χ1n) is 6.63. The molecule has 0 radical (unpaired) electrons. The Bertz CT molecular complexity index is 611. The molecule has 0 unspecified atom stereocenters. The van der Waals surface area contributed by atoms with Gasteiger partial charge in [-0.25, -0.2) is 4.79 Å². The van der Waals surface area contributed by atoms with Gasteiger partial charge in [0.25, 0.3) is 11.5 Å². The molecule has 0 bridgehead atoms. The number of carbonyl (C=O) groups excluding carboxylic acids is 1. The van der Waals surface area contributed by atoms with E-state index in [1.165, 1.54) is 24.7 Å². The standard InChI is InChI=1S/C13H19N3O4/c1-15-10(7-11(17)16(2)13(15)19)12(18)14-5-3-9-4-6-20-8-9/h7,9H,3-6,8H2,1-2H3,(H,14,18)/t9-/m0/s1. The third-order valence-corrected chi connectivity index (χ3v) is 3.62. The Balaban J connectivity index is 2.02. The van der Waals surface area contributed by atoms with Crippen molar-refractivity contribution in [2.75, 3.05) is 19.8 Å². The summed E-state index contributed by atoms with van der Waals surface area (Å²) in [5, 5.41) is 2.74. The molecule has 110 valence electrons. The van der Waals surface area contributed by atoms with Crippen LogP contribution < -0.4 is 16.6 Å². The Morgan fingerprint density at radius 2 is 2.15 bits per heavy atom. The third kappa shape index (κ3) is 2.98. The third-order valence-electron chi connectivity index (χ3n) is 3.62. The largest absolute Gasteiger partial charge is 0.381 e. The molecule has 1 aromatic rings. The molecule has 20 heavy (non-hydrogen) atoms. The molecule has 2 heterocycles. The van der Waals surface area contributed by atoms with Gasteiger partial charge in [0.2, 0.25) is 0 Å². The predicted octanol–water partition coefficient (Wildman–Crippen LogP) is -0.760. The van der Waals surface area contributed by atoms with Crippen LogP contribution in [0.2, 0.25) is 0 Å². The van der Waals surface area contributed by atoms with Crippen LogP contribution >= 0.6 is 0 Å². The zero-order valence-electron chi connectivity index (χ0n) is 11.7. The molecule has 0 aromatic carbocycles. The van der Waals surface area contributed by atoms with E-state index in [0.717, 1.165) is 30.6 Å². The normalized spacial score (nSPS) is 18.2. The fourth-order valence-corrected chi connectivity index (χ4v) is 2.24. The minimum absolute atomic E-state index is 0.0840. The van der Waals surface area contributed by atoms with E-state index in [9.17, 15) is 14.4 Å². The number of nitrogens with one attached hydrogen (secondary N) is 1. The maximum atomic E-state index is 12.0. The van der Waals surface area contributed by atoms with Crippen molar-refractivity contribution < 1.29 is 9.53 Å². The molecular weight excluding hydrogens is 262 g/mol. The van der Waals surface area contributed by atoms with E-state index in [0.29, 0.717) is 12.5 Å². The number of hydrogen-bond donors (Lipinski definition) is 1. The highest BCUT2D eigenvalue weighted by Crippen LogP contribution is 2.15. The van der Waals surface area contributed by atoms with Crippen molar-refractivity contribution in [2.45, 2.75) is 12.8 Å². The topological polar surface area (TPSA) is 82.3 Å². The van der Waals surface area contributed by atoms with Gasteiger partial charge >= 0.3 is 5.69 Å². The summed E-state index contributed by atoms with van der Waals surface area (Å²) in [7, 11) is 2.86. The number of rotatable bonds is 4. The maximum Gasteiger partial charge on any atom is 0.331 e. The van der Waals surface area contributed by atoms with Gasteiger partial charge in [-0.3, -0.25) is 18.7 Å². The molecule has 1 aliphatic rings.